The lowest BCUT2D eigenvalue weighted by Crippen LogP contribution is -2.51. The van der Waals surface area contributed by atoms with E-state index in [2.05, 4.69) is 5.32 Å². The molecular formula is C12H21N3O2. The molecule has 2 amide bonds. The number of nitrogens with one attached hydrogen (secondary N) is 1. The van der Waals surface area contributed by atoms with Crippen LogP contribution in [0.2, 0.25) is 0 Å². The van der Waals surface area contributed by atoms with Crippen molar-refractivity contribution in [3.8, 4) is 0 Å². The molecular weight excluding hydrogens is 218 g/mol. The van der Waals surface area contributed by atoms with Gasteiger partial charge in [0.15, 0.2) is 0 Å². The Labute approximate surface area is 102 Å². The van der Waals surface area contributed by atoms with Gasteiger partial charge >= 0.3 is 0 Å². The summed E-state index contributed by atoms with van der Waals surface area (Å²) in [4.78, 5) is 25.1. The summed E-state index contributed by atoms with van der Waals surface area (Å²) in [5, 5.41) is 3.27. The van der Waals surface area contributed by atoms with E-state index in [1.54, 1.807) is 0 Å². The van der Waals surface area contributed by atoms with Crippen molar-refractivity contribution >= 4 is 11.8 Å². The average molecular weight is 239 g/mol. The lowest BCUT2D eigenvalue weighted by atomic mass is 9.95. The quantitative estimate of drug-likeness (QED) is 0.704. The minimum absolute atomic E-state index is 0.00567. The molecule has 0 aliphatic carbocycles. The van der Waals surface area contributed by atoms with Crippen molar-refractivity contribution in [2.75, 3.05) is 19.6 Å². The Hall–Kier alpha value is -1.10. The van der Waals surface area contributed by atoms with E-state index < -0.39 is 0 Å². The molecule has 0 unspecified atom stereocenters. The second-order valence-electron chi connectivity index (χ2n) is 5.00. The summed E-state index contributed by atoms with van der Waals surface area (Å²) in [7, 11) is 0. The Bertz CT molecular complexity index is 292. The van der Waals surface area contributed by atoms with E-state index in [1.807, 2.05) is 4.90 Å². The molecule has 2 fully saturated rings. The zero-order valence-corrected chi connectivity index (χ0v) is 10.2. The van der Waals surface area contributed by atoms with E-state index in [1.165, 1.54) is 0 Å². The second kappa shape index (κ2) is 5.49. The number of primary amides is 1. The van der Waals surface area contributed by atoms with Crippen LogP contribution in [0.25, 0.3) is 0 Å². The van der Waals surface area contributed by atoms with Gasteiger partial charge in [-0.25, -0.2) is 0 Å². The number of likely N-dealkylation sites (tertiary alicyclic amines) is 1. The number of hydrogen-bond acceptors (Lipinski definition) is 3. The molecule has 5 nitrogen and oxygen atoms in total. The molecule has 5 heteroatoms. The number of rotatable bonds is 2. The molecule has 0 radical (unpaired) electrons. The number of nitrogens with two attached hydrogens (primary N) is 1. The van der Waals surface area contributed by atoms with E-state index in [0.717, 1.165) is 25.8 Å². The number of nitrogens with zero attached hydrogens (tertiary/aromatic N) is 1. The smallest absolute Gasteiger partial charge is 0.239 e. The normalized spacial score (nSPS) is 26.8. The van der Waals surface area contributed by atoms with E-state index in [-0.39, 0.29) is 23.8 Å². The standard InChI is InChI=1S/C12H21N3O2/c13-11(16)9-4-7-15(8-5-9)12(17)10-3-1-2-6-14-10/h9-10,14H,1-8H2,(H2,13,16)/t10-/m0/s1. The SMILES string of the molecule is NC(=O)C1CCN(C(=O)[C@@H]2CCCCN2)CC1. The van der Waals surface area contributed by atoms with Crippen LogP contribution < -0.4 is 11.1 Å². The number of hydrogen-bond donors (Lipinski definition) is 2. The highest BCUT2D eigenvalue weighted by atomic mass is 16.2. The van der Waals surface area contributed by atoms with Crippen LogP contribution in [-0.4, -0.2) is 42.4 Å². The number of carbonyl (C=O) groups excluding carboxylic acids is 2. The third-order valence-electron chi connectivity index (χ3n) is 3.82. The minimum atomic E-state index is -0.229. The Balaban J connectivity index is 1.83. The summed E-state index contributed by atoms with van der Waals surface area (Å²) in [6.07, 6.45) is 4.66. The molecule has 2 rings (SSSR count). The fourth-order valence-corrected chi connectivity index (χ4v) is 2.67. The van der Waals surface area contributed by atoms with Crippen LogP contribution in [0, 0.1) is 5.92 Å². The van der Waals surface area contributed by atoms with Gasteiger partial charge in [0.25, 0.3) is 0 Å². The van der Waals surface area contributed by atoms with Gasteiger partial charge in [-0.2, -0.15) is 0 Å². The van der Waals surface area contributed by atoms with E-state index in [9.17, 15) is 9.59 Å². The maximum Gasteiger partial charge on any atom is 0.239 e. The van der Waals surface area contributed by atoms with Crippen LogP contribution in [0.4, 0.5) is 0 Å². The fraction of sp³-hybridized carbons (Fsp3) is 0.833. The molecule has 1 atom stereocenters. The molecule has 3 N–H and O–H groups in total. The van der Waals surface area contributed by atoms with E-state index in [4.69, 9.17) is 5.73 Å². The lowest BCUT2D eigenvalue weighted by Gasteiger charge is -2.34. The highest BCUT2D eigenvalue weighted by Gasteiger charge is 2.30. The largest absolute Gasteiger partial charge is 0.369 e. The van der Waals surface area contributed by atoms with Crippen molar-refractivity contribution in [3.05, 3.63) is 0 Å². The lowest BCUT2D eigenvalue weighted by molar-refractivity contribution is -0.137. The van der Waals surface area contributed by atoms with Crippen molar-refractivity contribution in [3.63, 3.8) is 0 Å². The molecule has 0 aromatic carbocycles. The summed E-state index contributed by atoms with van der Waals surface area (Å²) in [5.41, 5.74) is 5.28. The van der Waals surface area contributed by atoms with Crippen LogP contribution in [0.3, 0.4) is 0 Å². The predicted octanol–water partition coefficient (Wildman–Crippen LogP) is -0.148. The zero-order chi connectivity index (χ0) is 12.3. The summed E-state index contributed by atoms with van der Waals surface area (Å²) in [5.74, 6) is -0.0705. The summed E-state index contributed by atoms with van der Waals surface area (Å²) in [6.45, 7) is 2.28. The summed E-state index contributed by atoms with van der Waals surface area (Å²) < 4.78 is 0. The Kier molecular flexibility index (Phi) is 3.99. The molecule has 0 aromatic heterocycles. The maximum atomic E-state index is 12.2. The first-order chi connectivity index (χ1) is 8.18. The van der Waals surface area contributed by atoms with Crippen LogP contribution in [0.5, 0.6) is 0 Å². The van der Waals surface area contributed by atoms with Crippen molar-refractivity contribution in [2.45, 2.75) is 38.1 Å². The average Bonchev–Trinajstić information content (AvgIpc) is 2.39. The molecule has 17 heavy (non-hydrogen) atoms. The Morgan fingerprint density at radius 2 is 1.82 bits per heavy atom. The van der Waals surface area contributed by atoms with E-state index >= 15 is 0 Å². The van der Waals surface area contributed by atoms with E-state index in [0.29, 0.717) is 25.9 Å². The van der Waals surface area contributed by atoms with Gasteiger partial charge in [-0.05, 0) is 32.2 Å². The van der Waals surface area contributed by atoms with Crippen LogP contribution in [0.15, 0.2) is 0 Å². The van der Waals surface area contributed by atoms with Gasteiger partial charge < -0.3 is 16.0 Å². The van der Waals surface area contributed by atoms with Crippen LogP contribution in [-0.2, 0) is 9.59 Å². The molecule has 0 bridgehead atoms. The second-order valence-corrected chi connectivity index (χ2v) is 5.00. The molecule has 2 heterocycles. The number of amides is 2. The first-order valence-corrected chi connectivity index (χ1v) is 6.50. The van der Waals surface area contributed by atoms with Gasteiger partial charge in [-0.15, -0.1) is 0 Å². The Morgan fingerprint density at radius 3 is 2.35 bits per heavy atom. The molecule has 0 spiro atoms. The van der Waals surface area contributed by atoms with Gasteiger partial charge in [0.05, 0.1) is 6.04 Å². The third-order valence-corrected chi connectivity index (χ3v) is 3.82. The monoisotopic (exact) mass is 239 g/mol. The van der Waals surface area contributed by atoms with Gasteiger partial charge in [0, 0.05) is 19.0 Å². The van der Waals surface area contributed by atoms with Gasteiger partial charge in [-0.1, -0.05) is 6.42 Å². The van der Waals surface area contributed by atoms with Gasteiger partial charge in [0.1, 0.15) is 0 Å². The zero-order valence-electron chi connectivity index (χ0n) is 10.2. The first kappa shape index (κ1) is 12.4. The molecule has 2 saturated heterocycles. The third kappa shape index (κ3) is 2.97. The van der Waals surface area contributed by atoms with Crippen LogP contribution >= 0.6 is 0 Å². The predicted molar refractivity (Wildman–Crippen MR) is 64.1 cm³/mol. The number of piperidine rings is 2. The first-order valence-electron chi connectivity index (χ1n) is 6.50. The molecule has 2 aliphatic heterocycles. The number of carbonyl (C=O) groups is 2. The Morgan fingerprint density at radius 1 is 1.12 bits per heavy atom. The maximum absolute atomic E-state index is 12.2. The van der Waals surface area contributed by atoms with Crippen molar-refractivity contribution < 1.29 is 9.59 Å². The van der Waals surface area contributed by atoms with Crippen molar-refractivity contribution in [2.24, 2.45) is 11.7 Å². The summed E-state index contributed by atoms with van der Waals surface area (Å²) in [6, 6.07) is -0.00567. The highest BCUT2D eigenvalue weighted by Crippen LogP contribution is 2.19. The summed E-state index contributed by atoms with van der Waals surface area (Å²) >= 11 is 0. The molecule has 96 valence electrons. The van der Waals surface area contributed by atoms with Crippen molar-refractivity contribution in [1.29, 1.82) is 0 Å². The topological polar surface area (TPSA) is 75.4 Å². The van der Waals surface area contributed by atoms with Crippen molar-refractivity contribution in [1.82, 2.24) is 10.2 Å². The molecule has 2 aliphatic rings. The minimum Gasteiger partial charge on any atom is -0.369 e. The molecule has 0 saturated carbocycles. The molecule has 0 aromatic rings. The highest BCUT2D eigenvalue weighted by molar-refractivity contribution is 5.82. The van der Waals surface area contributed by atoms with Gasteiger partial charge in [0.2, 0.25) is 11.8 Å². The van der Waals surface area contributed by atoms with Gasteiger partial charge in [-0.3, -0.25) is 9.59 Å². The fourth-order valence-electron chi connectivity index (χ4n) is 2.67. The van der Waals surface area contributed by atoms with Crippen LogP contribution in [0.1, 0.15) is 32.1 Å².